The highest BCUT2D eigenvalue weighted by molar-refractivity contribution is 5.70. The molecule has 74 valence electrons. The van der Waals surface area contributed by atoms with E-state index in [0.717, 1.165) is 25.7 Å². The molecule has 3 nitrogen and oxygen atoms in total. The smallest absolute Gasteiger partial charge is 0.306 e. The van der Waals surface area contributed by atoms with Gasteiger partial charge in [-0.25, -0.2) is 0 Å². The van der Waals surface area contributed by atoms with Gasteiger partial charge in [0.25, 0.3) is 0 Å². The molecule has 2 fully saturated rings. The van der Waals surface area contributed by atoms with Crippen LogP contribution in [0.4, 0.5) is 0 Å². The number of fused-ring (bicyclic) bond motifs is 2. The molecule has 0 radical (unpaired) electrons. The van der Waals surface area contributed by atoms with Gasteiger partial charge in [0.15, 0.2) is 0 Å². The van der Waals surface area contributed by atoms with E-state index in [-0.39, 0.29) is 12.5 Å². The largest absolute Gasteiger partial charge is 0.481 e. The lowest BCUT2D eigenvalue weighted by atomic mass is 9.74. The van der Waals surface area contributed by atoms with Crippen molar-refractivity contribution in [3.8, 4) is 0 Å². The summed E-state index contributed by atoms with van der Waals surface area (Å²) in [5.74, 6) is 0.568. The van der Waals surface area contributed by atoms with E-state index in [1.165, 1.54) is 0 Å². The van der Waals surface area contributed by atoms with Gasteiger partial charge in [0.05, 0.1) is 5.92 Å². The normalized spacial score (nSPS) is 43.5. The van der Waals surface area contributed by atoms with Crippen LogP contribution in [-0.2, 0) is 4.79 Å². The van der Waals surface area contributed by atoms with Gasteiger partial charge in [-0.3, -0.25) is 4.79 Å². The standard InChI is InChI=1S/C10H16O3/c11-5-9-6-1-2-7(9)4-8(3-6)10(12)13/h6-9,11H,1-5H2,(H,12,13). The predicted molar refractivity (Wildman–Crippen MR) is 47.1 cm³/mol. The minimum absolute atomic E-state index is 0.139. The molecule has 2 unspecified atom stereocenters. The van der Waals surface area contributed by atoms with Crippen molar-refractivity contribution in [1.82, 2.24) is 0 Å². The van der Waals surface area contributed by atoms with Crippen LogP contribution in [0.2, 0.25) is 0 Å². The molecule has 0 saturated heterocycles. The summed E-state index contributed by atoms with van der Waals surface area (Å²) in [4.78, 5) is 10.8. The van der Waals surface area contributed by atoms with E-state index in [1.54, 1.807) is 0 Å². The predicted octanol–water partition coefficient (Wildman–Crippen LogP) is 1.12. The van der Waals surface area contributed by atoms with Crippen LogP contribution in [0.25, 0.3) is 0 Å². The average Bonchev–Trinajstić information content (AvgIpc) is 2.34. The molecule has 13 heavy (non-hydrogen) atoms. The summed E-state index contributed by atoms with van der Waals surface area (Å²) >= 11 is 0. The summed E-state index contributed by atoms with van der Waals surface area (Å²) in [6.07, 6.45) is 3.83. The van der Waals surface area contributed by atoms with Crippen molar-refractivity contribution in [2.45, 2.75) is 25.7 Å². The number of carbonyl (C=O) groups is 1. The summed E-state index contributed by atoms with van der Waals surface area (Å²) in [5, 5.41) is 18.0. The zero-order valence-electron chi connectivity index (χ0n) is 7.65. The maximum Gasteiger partial charge on any atom is 0.306 e. The second kappa shape index (κ2) is 3.29. The van der Waals surface area contributed by atoms with Gasteiger partial charge in [0.1, 0.15) is 0 Å². The second-order valence-electron chi connectivity index (χ2n) is 4.45. The Morgan fingerprint density at radius 3 is 2.15 bits per heavy atom. The Hall–Kier alpha value is -0.570. The van der Waals surface area contributed by atoms with Gasteiger partial charge in [-0.1, -0.05) is 0 Å². The lowest BCUT2D eigenvalue weighted by Gasteiger charge is -2.32. The van der Waals surface area contributed by atoms with Crippen LogP contribution in [0.5, 0.6) is 0 Å². The molecule has 0 aromatic rings. The van der Waals surface area contributed by atoms with Crippen molar-refractivity contribution in [1.29, 1.82) is 0 Å². The third-order valence-electron chi connectivity index (χ3n) is 3.85. The first-order chi connectivity index (χ1) is 6.22. The van der Waals surface area contributed by atoms with Crippen LogP contribution in [0.1, 0.15) is 25.7 Å². The molecule has 0 aliphatic heterocycles. The summed E-state index contributed by atoms with van der Waals surface area (Å²) in [6.45, 7) is 0.252. The van der Waals surface area contributed by atoms with Crippen molar-refractivity contribution in [2.75, 3.05) is 6.61 Å². The molecular formula is C10H16O3. The number of aliphatic hydroxyl groups is 1. The van der Waals surface area contributed by atoms with Gasteiger partial charge in [0, 0.05) is 6.61 Å². The van der Waals surface area contributed by atoms with Gasteiger partial charge in [0.2, 0.25) is 0 Å². The van der Waals surface area contributed by atoms with Crippen LogP contribution in [-0.4, -0.2) is 22.8 Å². The van der Waals surface area contributed by atoms with Crippen LogP contribution in [0.15, 0.2) is 0 Å². The number of rotatable bonds is 2. The van der Waals surface area contributed by atoms with Crippen molar-refractivity contribution in [2.24, 2.45) is 23.7 Å². The fourth-order valence-electron chi connectivity index (χ4n) is 3.15. The molecule has 0 amide bonds. The molecule has 0 aromatic carbocycles. The van der Waals surface area contributed by atoms with Gasteiger partial charge < -0.3 is 10.2 Å². The number of hydrogen-bond acceptors (Lipinski definition) is 2. The summed E-state index contributed by atoms with van der Waals surface area (Å²) in [7, 11) is 0. The molecule has 2 rings (SSSR count). The zero-order valence-corrected chi connectivity index (χ0v) is 7.65. The molecule has 2 aliphatic carbocycles. The molecular weight excluding hydrogens is 168 g/mol. The Morgan fingerprint density at radius 2 is 1.77 bits per heavy atom. The maximum atomic E-state index is 10.8. The highest BCUT2D eigenvalue weighted by atomic mass is 16.4. The Balaban J connectivity index is 2.06. The van der Waals surface area contributed by atoms with E-state index in [4.69, 9.17) is 10.2 Å². The van der Waals surface area contributed by atoms with Crippen molar-refractivity contribution < 1.29 is 15.0 Å². The van der Waals surface area contributed by atoms with E-state index in [0.29, 0.717) is 17.8 Å². The van der Waals surface area contributed by atoms with Gasteiger partial charge in [-0.05, 0) is 43.4 Å². The number of aliphatic hydroxyl groups excluding tert-OH is 1. The summed E-state index contributed by atoms with van der Waals surface area (Å²) in [5.41, 5.74) is 0. The molecule has 2 atom stereocenters. The molecule has 0 heterocycles. The highest BCUT2D eigenvalue weighted by Gasteiger charge is 2.44. The molecule has 2 N–H and O–H groups in total. The lowest BCUT2D eigenvalue weighted by molar-refractivity contribution is -0.144. The van der Waals surface area contributed by atoms with Crippen LogP contribution < -0.4 is 0 Å². The minimum atomic E-state index is -0.645. The van der Waals surface area contributed by atoms with Crippen LogP contribution >= 0.6 is 0 Å². The van der Waals surface area contributed by atoms with Crippen molar-refractivity contribution in [3.63, 3.8) is 0 Å². The third-order valence-corrected chi connectivity index (χ3v) is 3.85. The van der Waals surface area contributed by atoms with E-state index in [9.17, 15) is 4.79 Å². The van der Waals surface area contributed by atoms with Gasteiger partial charge >= 0.3 is 5.97 Å². The Bertz CT molecular complexity index is 200. The Kier molecular flexibility index (Phi) is 2.28. The Morgan fingerprint density at radius 1 is 1.23 bits per heavy atom. The molecule has 0 aromatic heterocycles. The molecule has 2 aliphatic rings. The second-order valence-corrected chi connectivity index (χ2v) is 4.45. The van der Waals surface area contributed by atoms with E-state index in [2.05, 4.69) is 0 Å². The third kappa shape index (κ3) is 1.46. The molecule has 2 bridgehead atoms. The minimum Gasteiger partial charge on any atom is -0.481 e. The van der Waals surface area contributed by atoms with E-state index >= 15 is 0 Å². The number of aliphatic carboxylic acids is 1. The van der Waals surface area contributed by atoms with Crippen molar-refractivity contribution >= 4 is 5.97 Å². The number of carboxylic acids is 1. The van der Waals surface area contributed by atoms with Gasteiger partial charge in [-0.2, -0.15) is 0 Å². The fraction of sp³-hybridized carbons (Fsp3) is 0.900. The topological polar surface area (TPSA) is 57.5 Å². The monoisotopic (exact) mass is 184 g/mol. The summed E-state index contributed by atoms with van der Waals surface area (Å²) in [6, 6.07) is 0. The quantitative estimate of drug-likeness (QED) is 0.676. The van der Waals surface area contributed by atoms with Crippen LogP contribution in [0.3, 0.4) is 0 Å². The maximum absolute atomic E-state index is 10.8. The molecule has 0 spiro atoms. The highest BCUT2D eigenvalue weighted by Crippen LogP contribution is 2.48. The zero-order chi connectivity index (χ0) is 9.42. The average molecular weight is 184 g/mol. The summed E-state index contributed by atoms with van der Waals surface area (Å²) < 4.78 is 0. The van der Waals surface area contributed by atoms with Crippen molar-refractivity contribution in [3.05, 3.63) is 0 Å². The first-order valence-corrected chi connectivity index (χ1v) is 5.06. The first kappa shape index (κ1) is 9.00. The fourth-order valence-corrected chi connectivity index (χ4v) is 3.15. The van der Waals surface area contributed by atoms with Crippen LogP contribution in [0, 0.1) is 23.7 Å². The lowest BCUT2D eigenvalue weighted by Crippen LogP contribution is -2.32. The van der Waals surface area contributed by atoms with E-state index in [1.807, 2.05) is 0 Å². The van der Waals surface area contributed by atoms with Gasteiger partial charge in [-0.15, -0.1) is 0 Å². The van der Waals surface area contributed by atoms with E-state index < -0.39 is 5.97 Å². The number of hydrogen-bond donors (Lipinski definition) is 2. The first-order valence-electron chi connectivity index (χ1n) is 5.06. The Labute approximate surface area is 77.8 Å². The number of carboxylic acid groups (broad SMARTS) is 1. The molecule has 2 saturated carbocycles. The molecule has 3 heteroatoms. The SMILES string of the molecule is O=C(O)C1CC2CCC(C1)C2CO.